The number of hydrogen-bond donors (Lipinski definition) is 1. The van der Waals surface area contributed by atoms with E-state index in [1.165, 1.54) is 13.2 Å². The average molecular weight is 394 g/mol. The number of aromatic nitrogens is 2. The molecule has 1 aromatic carbocycles. The summed E-state index contributed by atoms with van der Waals surface area (Å²) in [7, 11) is 1.50. The molecule has 3 aromatic rings. The molecule has 0 aliphatic carbocycles. The lowest BCUT2D eigenvalue weighted by Crippen LogP contribution is -2.29. The summed E-state index contributed by atoms with van der Waals surface area (Å²) < 4.78 is 10.5. The Balaban J connectivity index is 1.54. The van der Waals surface area contributed by atoms with Crippen LogP contribution in [0, 0.1) is 6.92 Å². The first-order chi connectivity index (χ1) is 14.0. The molecule has 3 heterocycles. The van der Waals surface area contributed by atoms with Crippen LogP contribution in [0.4, 0.5) is 5.95 Å². The number of methoxy groups -OCH3 is 1. The Bertz CT molecular complexity index is 1120. The molecule has 8 nitrogen and oxygen atoms in total. The Kier molecular flexibility index (Phi) is 5.16. The maximum absolute atomic E-state index is 12.6. The highest BCUT2D eigenvalue weighted by atomic mass is 16.5. The summed E-state index contributed by atoms with van der Waals surface area (Å²) in [6.45, 7) is 3.98. The van der Waals surface area contributed by atoms with Crippen LogP contribution in [-0.2, 0) is 6.54 Å². The number of anilines is 1. The number of ether oxygens (including phenoxy) is 1. The Morgan fingerprint density at radius 1 is 1.24 bits per heavy atom. The standard InChI is InChI=1S/C21H22N4O4/c1-13-10-15(24-21(23-13)25-8-3-4-9-25)12-22-19(26)16-11-14-6-5-7-17(28-2)18(14)29-20(16)27/h5-7,10-11H,3-4,8-9,12H2,1-2H3,(H,22,26). The number of carbonyl (C=O) groups is 1. The number of rotatable bonds is 5. The second kappa shape index (κ2) is 7.90. The molecule has 0 radical (unpaired) electrons. The molecule has 1 fully saturated rings. The second-order valence-electron chi connectivity index (χ2n) is 7.00. The first-order valence-electron chi connectivity index (χ1n) is 9.54. The van der Waals surface area contributed by atoms with Gasteiger partial charge in [-0.3, -0.25) is 4.79 Å². The van der Waals surface area contributed by atoms with Crippen molar-refractivity contribution in [3.63, 3.8) is 0 Å². The largest absolute Gasteiger partial charge is 0.493 e. The summed E-state index contributed by atoms with van der Waals surface area (Å²) >= 11 is 0. The molecule has 2 aromatic heterocycles. The van der Waals surface area contributed by atoms with Crippen molar-refractivity contribution in [1.82, 2.24) is 15.3 Å². The molecule has 1 aliphatic rings. The van der Waals surface area contributed by atoms with Crippen LogP contribution in [0.3, 0.4) is 0 Å². The normalized spacial score (nSPS) is 13.7. The van der Waals surface area contributed by atoms with Gasteiger partial charge in [0.2, 0.25) is 5.95 Å². The van der Waals surface area contributed by atoms with Gasteiger partial charge in [0, 0.05) is 24.2 Å². The quantitative estimate of drug-likeness (QED) is 0.664. The van der Waals surface area contributed by atoms with Gasteiger partial charge in [-0.1, -0.05) is 12.1 Å². The Labute approximate surface area is 167 Å². The lowest BCUT2D eigenvalue weighted by atomic mass is 10.1. The fourth-order valence-electron chi connectivity index (χ4n) is 3.47. The Morgan fingerprint density at radius 3 is 2.79 bits per heavy atom. The lowest BCUT2D eigenvalue weighted by molar-refractivity contribution is 0.0947. The third-order valence-corrected chi connectivity index (χ3v) is 4.90. The number of benzene rings is 1. The van der Waals surface area contributed by atoms with E-state index in [4.69, 9.17) is 9.15 Å². The molecule has 150 valence electrons. The van der Waals surface area contributed by atoms with Crippen LogP contribution in [0.1, 0.15) is 34.6 Å². The lowest BCUT2D eigenvalue weighted by Gasteiger charge is -2.16. The number of aryl methyl sites for hydroxylation is 1. The number of fused-ring (bicyclic) bond motifs is 1. The van der Waals surface area contributed by atoms with Crippen molar-refractivity contribution in [2.24, 2.45) is 0 Å². The third-order valence-electron chi connectivity index (χ3n) is 4.90. The molecule has 1 saturated heterocycles. The van der Waals surface area contributed by atoms with Gasteiger partial charge in [0.15, 0.2) is 11.3 Å². The van der Waals surface area contributed by atoms with E-state index in [1.54, 1.807) is 18.2 Å². The van der Waals surface area contributed by atoms with E-state index in [2.05, 4.69) is 20.2 Å². The van der Waals surface area contributed by atoms with E-state index in [-0.39, 0.29) is 12.1 Å². The van der Waals surface area contributed by atoms with Crippen LogP contribution in [0.25, 0.3) is 11.0 Å². The van der Waals surface area contributed by atoms with Gasteiger partial charge in [0.25, 0.3) is 5.91 Å². The minimum atomic E-state index is -0.712. The van der Waals surface area contributed by atoms with Gasteiger partial charge < -0.3 is 19.4 Å². The first-order valence-corrected chi connectivity index (χ1v) is 9.54. The monoisotopic (exact) mass is 394 g/mol. The Morgan fingerprint density at radius 2 is 2.03 bits per heavy atom. The molecule has 0 saturated carbocycles. The second-order valence-corrected chi connectivity index (χ2v) is 7.00. The van der Waals surface area contributed by atoms with Crippen molar-refractivity contribution in [1.29, 1.82) is 0 Å². The maximum Gasteiger partial charge on any atom is 0.349 e. The first kappa shape index (κ1) is 18.9. The van der Waals surface area contributed by atoms with Gasteiger partial charge in [-0.2, -0.15) is 0 Å². The highest BCUT2D eigenvalue weighted by molar-refractivity contribution is 5.97. The van der Waals surface area contributed by atoms with E-state index < -0.39 is 11.5 Å². The van der Waals surface area contributed by atoms with Gasteiger partial charge in [-0.15, -0.1) is 0 Å². The molecule has 1 N–H and O–H groups in total. The van der Waals surface area contributed by atoms with Crippen LogP contribution in [0.15, 0.2) is 39.5 Å². The van der Waals surface area contributed by atoms with Gasteiger partial charge in [0.1, 0.15) is 5.56 Å². The molecular weight excluding hydrogens is 372 g/mol. The molecular formula is C21H22N4O4. The SMILES string of the molecule is COc1cccc2cc(C(=O)NCc3cc(C)nc(N4CCCC4)n3)c(=O)oc12. The number of carbonyl (C=O) groups excluding carboxylic acids is 1. The highest BCUT2D eigenvalue weighted by Crippen LogP contribution is 2.24. The van der Waals surface area contributed by atoms with Crippen molar-refractivity contribution < 1.29 is 13.9 Å². The number of nitrogens with one attached hydrogen (secondary N) is 1. The predicted octanol–water partition coefficient (Wildman–Crippen LogP) is 2.43. The molecule has 0 spiro atoms. The third kappa shape index (κ3) is 3.91. The van der Waals surface area contributed by atoms with E-state index in [0.29, 0.717) is 28.4 Å². The molecule has 0 unspecified atom stereocenters. The van der Waals surface area contributed by atoms with Gasteiger partial charge >= 0.3 is 5.63 Å². The zero-order valence-corrected chi connectivity index (χ0v) is 16.4. The summed E-state index contributed by atoms with van der Waals surface area (Å²) in [5.74, 6) is 0.615. The van der Waals surface area contributed by atoms with Crippen molar-refractivity contribution >= 4 is 22.8 Å². The van der Waals surface area contributed by atoms with E-state index in [9.17, 15) is 9.59 Å². The van der Waals surface area contributed by atoms with Crippen LogP contribution >= 0.6 is 0 Å². The van der Waals surface area contributed by atoms with Crippen LogP contribution < -0.4 is 20.6 Å². The van der Waals surface area contributed by atoms with E-state index >= 15 is 0 Å². The predicted molar refractivity (Wildman–Crippen MR) is 108 cm³/mol. The zero-order valence-electron chi connectivity index (χ0n) is 16.4. The van der Waals surface area contributed by atoms with Crippen molar-refractivity contribution in [2.75, 3.05) is 25.1 Å². The number of para-hydroxylation sites is 1. The highest BCUT2D eigenvalue weighted by Gasteiger charge is 2.18. The number of hydrogen-bond acceptors (Lipinski definition) is 7. The fraction of sp³-hybridized carbons (Fsp3) is 0.333. The molecule has 4 rings (SSSR count). The van der Waals surface area contributed by atoms with Crippen molar-refractivity contribution in [3.05, 3.63) is 57.7 Å². The topological polar surface area (TPSA) is 97.6 Å². The van der Waals surface area contributed by atoms with Gasteiger partial charge in [0.05, 0.1) is 19.3 Å². The minimum absolute atomic E-state index is 0.0590. The number of nitrogens with zero attached hydrogens (tertiary/aromatic N) is 3. The summed E-state index contributed by atoms with van der Waals surface area (Å²) in [6, 6.07) is 8.56. The van der Waals surface area contributed by atoms with Gasteiger partial charge in [-0.25, -0.2) is 14.8 Å². The maximum atomic E-state index is 12.6. The van der Waals surface area contributed by atoms with Crippen LogP contribution in [0.2, 0.25) is 0 Å². The summed E-state index contributed by atoms with van der Waals surface area (Å²) in [4.78, 5) is 36.1. The van der Waals surface area contributed by atoms with Crippen molar-refractivity contribution in [3.8, 4) is 5.75 Å². The molecule has 29 heavy (non-hydrogen) atoms. The molecule has 0 atom stereocenters. The van der Waals surface area contributed by atoms with E-state index in [0.717, 1.165) is 31.6 Å². The van der Waals surface area contributed by atoms with Crippen molar-refractivity contribution in [2.45, 2.75) is 26.3 Å². The molecule has 1 aliphatic heterocycles. The minimum Gasteiger partial charge on any atom is -0.493 e. The van der Waals surface area contributed by atoms with Crippen LogP contribution in [-0.4, -0.2) is 36.1 Å². The fourth-order valence-corrected chi connectivity index (χ4v) is 3.47. The van der Waals surface area contributed by atoms with Crippen LogP contribution in [0.5, 0.6) is 5.75 Å². The Hall–Kier alpha value is -3.42. The summed E-state index contributed by atoms with van der Waals surface area (Å²) in [6.07, 6.45) is 2.26. The molecule has 0 bridgehead atoms. The zero-order chi connectivity index (χ0) is 20.4. The smallest absolute Gasteiger partial charge is 0.349 e. The average Bonchev–Trinajstić information content (AvgIpc) is 3.25. The number of amides is 1. The molecule has 1 amide bonds. The van der Waals surface area contributed by atoms with E-state index in [1.807, 2.05) is 13.0 Å². The summed E-state index contributed by atoms with van der Waals surface area (Å²) in [5, 5.41) is 3.37. The van der Waals surface area contributed by atoms with Gasteiger partial charge in [-0.05, 0) is 38.0 Å². The summed E-state index contributed by atoms with van der Waals surface area (Å²) in [5.41, 5.74) is 1.08. The molecule has 8 heteroatoms.